The molecule has 126 valence electrons. The number of fused-ring (bicyclic) bond motifs is 1. The summed E-state index contributed by atoms with van der Waals surface area (Å²) < 4.78 is 5.23. The van der Waals surface area contributed by atoms with Gasteiger partial charge in [-0.1, -0.05) is 78.0 Å². The van der Waals surface area contributed by atoms with Crippen molar-refractivity contribution >= 4 is 22.5 Å². The van der Waals surface area contributed by atoms with E-state index in [-0.39, 0.29) is 12.3 Å². The quantitative estimate of drug-likeness (QED) is 0.316. The molecule has 0 bridgehead atoms. The van der Waals surface area contributed by atoms with Gasteiger partial charge in [0, 0.05) is 6.42 Å². The van der Waals surface area contributed by atoms with Crippen LogP contribution in [-0.4, -0.2) is 16.9 Å². The lowest BCUT2D eigenvalue weighted by atomic mass is 10.00. The van der Waals surface area contributed by atoms with E-state index in [9.17, 15) is 10.0 Å². The van der Waals surface area contributed by atoms with Crippen molar-refractivity contribution in [2.75, 3.05) is 0 Å². The van der Waals surface area contributed by atoms with Crippen LogP contribution in [0.15, 0.2) is 78.0 Å². The van der Waals surface area contributed by atoms with E-state index in [2.05, 4.69) is 5.16 Å². The molecule has 0 fully saturated rings. The smallest absolute Gasteiger partial charge is 0.356 e. The summed E-state index contributed by atoms with van der Waals surface area (Å²) in [6, 6.07) is 23.5. The summed E-state index contributed by atoms with van der Waals surface area (Å²) in [5.41, 5.74) is 2.03. The molecule has 0 unspecified atom stereocenters. The summed E-state index contributed by atoms with van der Waals surface area (Å²) in [4.78, 5) is 12.1. The normalized spacial score (nSPS) is 11.4. The van der Waals surface area contributed by atoms with E-state index in [1.165, 1.54) is 0 Å². The van der Waals surface area contributed by atoms with Gasteiger partial charge >= 0.3 is 5.97 Å². The van der Waals surface area contributed by atoms with Gasteiger partial charge in [0.05, 0.1) is 0 Å². The number of ether oxygens (including phenoxy) is 1. The Balaban J connectivity index is 1.63. The number of carbonyl (C=O) groups excluding carboxylic acids is 1. The zero-order valence-electron chi connectivity index (χ0n) is 13.8. The van der Waals surface area contributed by atoms with Crippen LogP contribution in [-0.2, 0) is 22.6 Å². The first-order valence-corrected chi connectivity index (χ1v) is 8.16. The Morgan fingerprint density at radius 2 is 1.64 bits per heavy atom. The van der Waals surface area contributed by atoms with Crippen LogP contribution in [0.5, 0.6) is 0 Å². The molecule has 0 radical (unpaired) electrons. The fourth-order valence-electron chi connectivity index (χ4n) is 2.76. The fourth-order valence-corrected chi connectivity index (χ4v) is 2.76. The maximum atomic E-state index is 12.1. The fraction of sp³-hybridized carbons (Fsp3) is 0.143. The van der Waals surface area contributed by atoms with Gasteiger partial charge in [0.1, 0.15) is 6.61 Å². The number of carbonyl (C=O) groups is 1. The van der Waals surface area contributed by atoms with Crippen molar-refractivity contribution in [3.63, 3.8) is 0 Å². The highest BCUT2D eigenvalue weighted by Crippen LogP contribution is 2.20. The Hall–Kier alpha value is -3.14. The Labute approximate surface area is 146 Å². The average Bonchev–Trinajstić information content (AvgIpc) is 2.67. The predicted octanol–water partition coefficient (Wildman–Crippen LogP) is 4.35. The van der Waals surface area contributed by atoms with Gasteiger partial charge in [0.15, 0.2) is 5.71 Å². The molecule has 3 aromatic rings. The molecule has 3 aromatic carbocycles. The van der Waals surface area contributed by atoms with Crippen LogP contribution in [0.4, 0.5) is 0 Å². The third-order valence-electron chi connectivity index (χ3n) is 4.08. The summed E-state index contributed by atoms with van der Waals surface area (Å²) in [6.07, 6.45) is 0.916. The third kappa shape index (κ3) is 4.23. The van der Waals surface area contributed by atoms with Crippen LogP contribution in [0.25, 0.3) is 10.8 Å². The maximum absolute atomic E-state index is 12.1. The van der Waals surface area contributed by atoms with Crippen molar-refractivity contribution in [3.8, 4) is 0 Å². The highest BCUT2D eigenvalue weighted by atomic mass is 16.5. The molecule has 0 atom stereocenters. The largest absolute Gasteiger partial charge is 0.456 e. The number of rotatable bonds is 6. The summed E-state index contributed by atoms with van der Waals surface area (Å²) in [7, 11) is 0. The topological polar surface area (TPSA) is 58.9 Å². The van der Waals surface area contributed by atoms with Crippen LogP contribution < -0.4 is 0 Å². The molecule has 0 amide bonds. The minimum absolute atomic E-state index is 0.0314. The number of esters is 1. The van der Waals surface area contributed by atoms with E-state index < -0.39 is 5.97 Å². The van der Waals surface area contributed by atoms with Crippen molar-refractivity contribution < 1.29 is 14.7 Å². The second kappa shape index (κ2) is 8.11. The molecule has 3 rings (SSSR count). The number of hydrogen-bond donors (Lipinski definition) is 1. The van der Waals surface area contributed by atoms with Gasteiger partial charge in [-0.2, -0.15) is 0 Å². The van der Waals surface area contributed by atoms with Gasteiger partial charge in [0.2, 0.25) is 0 Å². The number of aryl methyl sites for hydroxylation is 1. The first-order valence-electron chi connectivity index (χ1n) is 8.16. The number of benzene rings is 3. The molecule has 0 spiro atoms. The standard InChI is InChI=1S/C21H19NO3/c23-21(25-15-16-7-2-1-3-8-16)20(22-24)14-13-18-11-6-10-17-9-4-5-12-19(17)18/h1-12,24H,13-15H2/b22-20-. The average molecular weight is 333 g/mol. The first kappa shape index (κ1) is 16.7. The van der Waals surface area contributed by atoms with Gasteiger partial charge in [-0.25, -0.2) is 4.79 Å². The number of hydrogen-bond acceptors (Lipinski definition) is 4. The molecule has 4 nitrogen and oxygen atoms in total. The van der Waals surface area contributed by atoms with E-state index in [1.807, 2.05) is 72.8 Å². The van der Waals surface area contributed by atoms with Crippen LogP contribution in [0.2, 0.25) is 0 Å². The van der Waals surface area contributed by atoms with E-state index in [0.29, 0.717) is 12.8 Å². The van der Waals surface area contributed by atoms with Crippen molar-refractivity contribution in [2.45, 2.75) is 19.4 Å². The van der Waals surface area contributed by atoms with Crippen LogP contribution >= 0.6 is 0 Å². The van der Waals surface area contributed by atoms with Gasteiger partial charge < -0.3 is 9.94 Å². The minimum Gasteiger partial charge on any atom is -0.456 e. The lowest BCUT2D eigenvalue weighted by Gasteiger charge is -2.08. The second-order valence-corrected chi connectivity index (χ2v) is 5.75. The Morgan fingerprint density at radius 3 is 2.44 bits per heavy atom. The summed E-state index contributed by atoms with van der Waals surface area (Å²) in [5, 5.41) is 14.6. The van der Waals surface area contributed by atoms with Crippen molar-refractivity contribution in [1.29, 1.82) is 0 Å². The first-order chi connectivity index (χ1) is 12.3. The van der Waals surface area contributed by atoms with Crippen molar-refractivity contribution in [1.82, 2.24) is 0 Å². The Bertz CT molecular complexity index is 883. The highest BCUT2D eigenvalue weighted by molar-refractivity contribution is 6.36. The monoisotopic (exact) mass is 333 g/mol. The highest BCUT2D eigenvalue weighted by Gasteiger charge is 2.15. The van der Waals surface area contributed by atoms with Crippen LogP contribution in [0.1, 0.15) is 17.5 Å². The van der Waals surface area contributed by atoms with Gasteiger partial charge in [0.25, 0.3) is 0 Å². The zero-order chi connectivity index (χ0) is 17.5. The molecule has 0 aliphatic rings. The van der Waals surface area contributed by atoms with E-state index in [1.54, 1.807) is 0 Å². The Kier molecular flexibility index (Phi) is 5.42. The molecular weight excluding hydrogens is 314 g/mol. The van der Waals surface area contributed by atoms with E-state index >= 15 is 0 Å². The van der Waals surface area contributed by atoms with Crippen LogP contribution in [0, 0.1) is 0 Å². The maximum Gasteiger partial charge on any atom is 0.356 e. The molecule has 0 aliphatic heterocycles. The van der Waals surface area contributed by atoms with Gasteiger partial charge in [-0.05, 0) is 28.3 Å². The lowest BCUT2D eigenvalue weighted by molar-refractivity contribution is -0.137. The molecule has 0 aliphatic carbocycles. The third-order valence-corrected chi connectivity index (χ3v) is 4.08. The van der Waals surface area contributed by atoms with Crippen LogP contribution in [0.3, 0.4) is 0 Å². The zero-order valence-corrected chi connectivity index (χ0v) is 13.8. The second-order valence-electron chi connectivity index (χ2n) is 5.75. The van der Waals surface area contributed by atoms with Gasteiger partial charge in [-0.3, -0.25) is 0 Å². The van der Waals surface area contributed by atoms with Gasteiger partial charge in [-0.15, -0.1) is 0 Å². The molecule has 25 heavy (non-hydrogen) atoms. The number of nitrogens with zero attached hydrogens (tertiary/aromatic N) is 1. The molecule has 0 saturated heterocycles. The summed E-state index contributed by atoms with van der Waals surface area (Å²) in [5.74, 6) is -0.591. The molecule has 4 heteroatoms. The predicted molar refractivity (Wildman–Crippen MR) is 97.7 cm³/mol. The van der Waals surface area contributed by atoms with E-state index in [4.69, 9.17) is 4.74 Å². The molecule has 0 saturated carbocycles. The number of oxime groups is 1. The molecule has 1 N–H and O–H groups in total. The van der Waals surface area contributed by atoms with Crippen molar-refractivity contribution in [3.05, 3.63) is 83.9 Å². The van der Waals surface area contributed by atoms with E-state index in [0.717, 1.165) is 21.9 Å². The lowest BCUT2D eigenvalue weighted by Crippen LogP contribution is -2.18. The summed E-state index contributed by atoms with van der Waals surface area (Å²) in [6.45, 7) is 0.160. The Morgan fingerprint density at radius 1 is 0.920 bits per heavy atom. The molecule has 0 aromatic heterocycles. The molecule has 0 heterocycles. The molecular formula is C21H19NO3. The minimum atomic E-state index is -0.591. The summed E-state index contributed by atoms with van der Waals surface area (Å²) >= 11 is 0. The SMILES string of the molecule is O=C(OCc1ccccc1)/C(CCc1cccc2ccccc12)=N\O. The van der Waals surface area contributed by atoms with Crippen molar-refractivity contribution in [2.24, 2.45) is 5.16 Å².